The predicted octanol–water partition coefficient (Wildman–Crippen LogP) is 3.58. The van der Waals surface area contributed by atoms with Crippen LogP contribution in [0.1, 0.15) is 36.8 Å². The molecule has 0 bridgehead atoms. The molecule has 1 aromatic carbocycles. The highest BCUT2D eigenvalue weighted by Crippen LogP contribution is 2.30. The van der Waals surface area contributed by atoms with Gasteiger partial charge in [0.2, 0.25) is 0 Å². The second kappa shape index (κ2) is 6.22. The Morgan fingerprint density at radius 3 is 2.60 bits per heavy atom. The molecule has 0 heterocycles. The third-order valence-corrected chi connectivity index (χ3v) is 4.09. The van der Waals surface area contributed by atoms with Gasteiger partial charge in [-0.2, -0.15) is 0 Å². The summed E-state index contributed by atoms with van der Waals surface area (Å²) in [6, 6.07) is 3.74. The predicted molar refractivity (Wildman–Crippen MR) is 79.2 cm³/mol. The average molecular weight is 278 g/mol. The fourth-order valence-electron chi connectivity index (χ4n) is 2.94. The maximum Gasteiger partial charge on any atom is 0.274 e. The molecule has 0 aromatic heterocycles. The minimum Gasteiger partial charge on any atom is -0.379 e. The molecule has 1 N–H and O–H groups in total. The van der Waals surface area contributed by atoms with Crippen molar-refractivity contribution in [2.75, 3.05) is 12.4 Å². The van der Waals surface area contributed by atoms with E-state index in [2.05, 4.69) is 5.32 Å². The quantitative estimate of drug-likeness (QED) is 0.675. The largest absolute Gasteiger partial charge is 0.379 e. The van der Waals surface area contributed by atoms with E-state index in [-0.39, 0.29) is 22.8 Å². The van der Waals surface area contributed by atoms with Gasteiger partial charge in [-0.15, -0.1) is 0 Å². The summed E-state index contributed by atoms with van der Waals surface area (Å²) in [5.74, 6) is 0. The van der Waals surface area contributed by atoms with Crippen LogP contribution in [0.5, 0.6) is 0 Å². The minimum absolute atomic E-state index is 0.169. The first kappa shape index (κ1) is 14.8. The van der Waals surface area contributed by atoms with Crippen LogP contribution in [0.4, 0.5) is 11.4 Å². The van der Waals surface area contributed by atoms with Crippen LogP contribution >= 0.6 is 0 Å². The van der Waals surface area contributed by atoms with E-state index in [9.17, 15) is 10.1 Å². The monoisotopic (exact) mass is 278 g/mol. The molecule has 1 aliphatic carbocycles. The molecule has 0 aliphatic heterocycles. The first-order valence-electron chi connectivity index (χ1n) is 7.08. The number of methoxy groups -OCH3 is 1. The Hall–Kier alpha value is -1.62. The van der Waals surface area contributed by atoms with Crippen LogP contribution in [0, 0.1) is 24.0 Å². The van der Waals surface area contributed by atoms with Crippen molar-refractivity contribution in [3.63, 3.8) is 0 Å². The van der Waals surface area contributed by atoms with Gasteiger partial charge in [-0.25, -0.2) is 0 Å². The van der Waals surface area contributed by atoms with Crippen molar-refractivity contribution in [1.82, 2.24) is 0 Å². The van der Waals surface area contributed by atoms with Crippen LogP contribution in [0.2, 0.25) is 0 Å². The molecule has 1 aromatic rings. The zero-order valence-corrected chi connectivity index (χ0v) is 12.3. The van der Waals surface area contributed by atoms with E-state index >= 15 is 0 Å². The van der Waals surface area contributed by atoms with Gasteiger partial charge in [0.1, 0.15) is 0 Å². The van der Waals surface area contributed by atoms with E-state index in [4.69, 9.17) is 4.74 Å². The fourth-order valence-corrected chi connectivity index (χ4v) is 2.94. The molecule has 1 fully saturated rings. The lowest BCUT2D eigenvalue weighted by atomic mass is 9.92. The van der Waals surface area contributed by atoms with Gasteiger partial charge in [0.25, 0.3) is 5.69 Å². The Morgan fingerprint density at radius 1 is 1.25 bits per heavy atom. The standard InChI is InChI=1S/C15H22N2O3/c1-10-8-11(2)14(17(18)19)9-13(10)16-12-6-4-5-7-15(12)20-3/h8-9,12,15-16H,4-7H2,1-3H3. The number of aryl methyl sites for hydroxylation is 2. The van der Waals surface area contributed by atoms with Crippen LogP contribution in [-0.2, 0) is 4.74 Å². The summed E-state index contributed by atoms with van der Waals surface area (Å²) >= 11 is 0. The summed E-state index contributed by atoms with van der Waals surface area (Å²) in [4.78, 5) is 10.7. The van der Waals surface area contributed by atoms with E-state index < -0.39 is 0 Å². The summed E-state index contributed by atoms with van der Waals surface area (Å²) in [6.07, 6.45) is 4.62. The van der Waals surface area contributed by atoms with Crippen molar-refractivity contribution in [2.45, 2.75) is 51.7 Å². The summed E-state index contributed by atoms with van der Waals surface area (Å²) in [6.45, 7) is 3.75. The van der Waals surface area contributed by atoms with Crippen molar-refractivity contribution in [2.24, 2.45) is 0 Å². The molecule has 5 nitrogen and oxygen atoms in total. The van der Waals surface area contributed by atoms with Gasteiger partial charge in [-0.05, 0) is 38.3 Å². The van der Waals surface area contributed by atoms with Crippen molar-refractivity contribution in [3.8, 4) is 0 Å². The van der Waals surface area contributed by atoms with Gasteiger partial charge < -0.3 is 10.1 Å². The van der Waals surface area contributed by atoms with Gasteiger partial charge in [-0.3, -0.25) is 10.1 Å². The second-order valence-electron chi connectivity index (χ2n) is 5.52. The summed E-state index contributed by atoms with van der Waals surface area (Å²) < 4.78 is 5.52. The van der Waals surface area contributed by atoms with Gasteiger partial charge in [0, 0.05) is 24.4 Å². The van der Waals surface area contributed by atoms with Crippen molar-refractivity contribution in [3.05, 3.63) is 33.4 Å². The maximum atomic E-state index is 11.1. The van der Waals surface area contributed by atoms with Gasteiger partial charge >= 0.3 is 0 Å². The third-order valence-electron chi connectivity index (χ3n) is 4.09. The minimum atomic E-state index is -0.325. The average Bonchev–Trinajstić information content (AvgIpc) is 2.42. The third kappa shape index (κ3) is 3.10. The topological polar surface area (TPSA) is 64.4 Å². The zero-order chi connectivity index (χ0) is 14.7. The number of nitrogens with zero attached hydrogens (tertiary/aromatic N) is 1. The molecule has 5 heteroatoms. The molecule has 20 heavy (non-hydrogen) atoms. The first-order chi connectivity index (χ1) is 9.52. The molecule has 2 unspecified atom stereocenters. The summed E-state index contributed by atoms with van der Waals surface area (Å²) in [5, 5.41) is 14.5. The number of rotatable bonds is 4. The highest BCUT2D eigenvalue weighted by molar-refractivity contribution is 5.60. The molecule has 0 saturated heterocycles. The Balaban J connectivity index is 2.23. The van der Waals surface area contributed by atoms with Crippen molar-refractivity contribution < 1.29 is 9.66 Å². The Labute approximate surface area is 119 Å². The highest BCUT2D eigenvalue weighted by atomic mass is 16.6. The highest BCUT2D eigenvalue weighted by Gasteiger charge is 2.25. The Kier molecular flexibility index (Phi) is 4.60. The molecular weight excluding hydrogens is 256 g/mol. The van der Waals surface area contributed by atoms with E-state index in [1.54, 1.807) is 20.1 Å². The van der Waals surface area contributed by atoms with Crippen LogP contribution in [0.3, 0.4) is 0 Å². The number of hydrogen-bond donors (Lipinski definition) is 1. The van der Waals surface area contributed by atoms with Crippen molar-refractivity contribution >= 4 is 11.4 Å². The summed E-state index contributed by atoms with van der Waals surface area (Å²) in [5.41, 5.74) is 2.75. The van der Waals surface area contributed by atoms with Gasteiger partial charge in [0.05, 0.1) is 17.1 Å². The zero-order valence-electron chi connectivity index (χ0n) is 12.3. The van der Waals surface area contributed by atoms with Crippen LogP contribution in [0.15, 0.2) is 12.1 Å². The van der Waals surface area contributed by atoms with Crippen LogP contribution in [0.25, 0.3) is 0 Å². The molecule has 1 saturated carbocycles. The molecule has 2 atom stereocenters. The lowest BCUT2D eigenvalue weighted by molar-refractivity contribution is -0.385. The Morgan fingerprint density at radius 2 is 1.95 bits per heavy atom. The number of anilines is 1. The maximum absolute atomic E-state index is 11.1. The van der Waals surface area contributed by atoms with Gasteiger partial charge in [0.15, 0.2) is 0 Å². The first-order valence-corrected chi connectivity index (χ1v) is 7.08. The molecular formula is C15H22N2O3. The second-order valence-corrected chi connectivity index (χ2v) is 5.52. The lowest BCUT2D eigenvalue weighted by Gasteiger charge is -2.32. The normalized spacial score (nSPS) is 22.6. The smallest absolute Gasteiger partial charge is 0.274 e. The molecule has 0 spiro atoms. The van der Waals surface area contributed by atoms with Crippen molar-refractivity contribution in [1.29, 1.82) is 0 Å². The van der Waals surface area contributed by atoms with E-state index in [0.29, 0.717) is 5.56 Å². The van der Waals surface area contributed by atoms with E-state index in [1.807, 2.05) is 13.0 Å². The van der Waals surface area contributed by atoms with Crippen LogP contribution in [-0.4, -0.2) is 24.2 Å². The molecule has 110 valence electrons. The van der Waals surface area contributed by atoms with Crippen LogP contribution < -0.4 is 5.32 Å². The van der Waals surface area contributed by atoms with Gasteiger partial charge in [-0.1, -0.05) is 12.8 Å². The fraction of sp³-hybridized carbons (Fsp3) is 0.600. The van der Waals surface area contributed by atoms with E-state index in [1.165, 1.54) is 12.8 Å². The Bertz CT molecular complexity index is 502. The number of benzene rings is 1. The number of hydrogen-bond acceptors (Lipinski definition) is 4. The molecule has 2 rings (SSSR count). The number of nitro benzene ring substituents is 1. The molecule has 1 aliphatic rings. The SMILES string of the molecule is COC1CCCCC1Nc1cc([N+](=O)[O-])c(C)cc1C. The number of nitro groups is 1. The lowest BCUT2D eigenvalue weighted by Crippen LogP contribution is -2.37. The van der Waals surface area contributed by atoms with E-state index in [0.717, 1.165) is 24.1 Å². The summed E-state index contributed by atoms with van der Waals surface area (Å²) in [7, 11) is 1.73. The number of nitrogens with one attached hydrogen (secondary N) is 1. The number of ether oxygens (including phenoxy) is 1. The molecule has 0 amide bonds. The molecule has 0 radical (unpaired) electrons.